The quantitative estimate of drug-likeness (QED) is 0.238. The van der Waals surface area contributed by atoms with Crippen LogP contribution in [0.3, 0.4) is 0 Å². The highest BCUT2D eigenvalue weighted by molar-refractivity contribution is 5.96. The predicted octanol–water partition coefficient (Wildman–Crippen LogP) is 5.75. The number of carbonyl (C=O) groups excluding carboxylic acids is 1. The lowest BCUT2D eigenvalue weighted by Crippen LogP contribution is -2.25. The van der Waals surface area contributed by atoms with Gasteiger partial charge in [-0.3, -0.25) is 9.48 Å². The Balaban J connectivity index is 2.27. The second-order valence-corrected chi connectivity index (χ2v) is 8.22. The van der Waals surface area contributed by atoms with Gasteiger partial charge in [0.2, 0.25) is 0 Å². The summed E-state index contributed by atoms with van der Waals surface area (Å²) in [7, 11) is 1.70. The van der Waals surface area contributed by atoms with Crippen molar-refractivity contribution in [1.82, 2.24) is 15.1 Å². The van der Waals surface area contributed by atoms with Gasteiger partial charge in [-0.05, 0) is 67.7 Å². The summed E-state index contributed by atoms with van der Waals surface area (Å²) in [5.74, 6) is -0.745. The summed E-state index contributed by atoms with van der Waals surface area (Å²) in [6.45, 7) is 6.98. The molecule has 0 spiro atoms. The molecule has 2 N–H and O–H groups in total. The Morgan fingerprint density at radius 3 is 2.54 bits per heavy atom. The smallest absolute Gasteiger partial charge is 0.396 e. The number of aliphatic hydroxyl groups excluding tert-OH is 1. The molecule has 1 aromatic carbocycles. The lowest BCUT2D eigenvalue weighted by Gasteiger charge is -2.09. The van der Waals surface area contributed by atoms with E-state index in [-0.39, 0.29) is 30.9 Å². The molecule has 190 valence electrons. The Kier molecular flexibility index (Phi) is 10.0. The highest BCUT2D eigenvalue weighted by Gasteiger charge is 2.30. The Morgan fingerprint density at radius 1 is 1.23 bits per heavy atom. The number of nitrogens with one attached hydrogen (secondary N) is 1. The van der Waals surface area contributed by atoms with Crippen molar-refractivity contribution in [1.29, 1.82) is 0 Å². The molecule has 0 aliphatic rings. The van der Waals surface area contributed by atoms with Crippen LogP contribution in [0.1, 0.15) is 47.8 Å². The third kappa shape index (κ3) is 8.20. The van der Waals surface area contributed by atoms with E-state index in [2.05, 4.69) is 17.0 Å². The number of allylic oxidation sites excluding steroid dienone is 5. The molecule has 0 atom stereocenters. The Morgan fingerprint density at radius 2 is 1.94 bits per heavy atom. The van der Waals surface area contributed by atoms with Crippen LogP contribution in [-0.4, -0.2) is 40.1 Å². The van der Waals surface area contributed by atoms with Crippen molar-refractivity contribution < 1.29 is 27.5 Å². The molecular formula is C26H31F4N3O2. The number of aromatic nitrogens is 2. The molecule has 1 amide bonds. The van der Waals surface area contributed by atoms with Gasteiger partial charge < -0.3 is 10.4 Å². The van der Waals surface area contributed by atoms with Crippen molar-refractivity contribution in [3.63, 3.8) is 0 Å². The topological polar surface area (TPSA) is 67.2 Å². The zero-order chi connectivity index (χ0) is 26.2. The largest absolute Gasteiger partial charge is 0.415 e. The Labute approximate surface area is 202 Å². The number of rotatable bonds is 11. The molecule has 0 bridgehead atoms. The molecule has 35 heavy (non-hydrogen) atoms. The summed E-state index contributed by atoms with van der Waals surface area (Å²) in [4.78, 5) is 12.4. The van der Waals surface area contributed by atoms with Crippen molar-refractivity contribution in [3.8, 4) is 11.3 Å². The van der Waals surface area contributed by atoms with E-state index in [4.69, 9.17) is 5.11 Å². The SMILES string of the molecule is C=C(/C=C(\C=C(\F)CC)Cc1cc(-c2ccc(C(=O)NCCCCO)c(C)c2)n(C)n1)C(F)(F)F. The van der Waals surface area contributed by atoms with Gasteiger partial charge in [0.05, 0.1) is 17.2 Å². The van der Waals surface area contributed by atoms with Gasteiger partial charge in [-0.1, -0.05) is 19.6 Å². The van der Waals surface area contributed by atoms with Crippen LogP contribution in [-0.2, 0) is 13.5 Å². The fourth-order valence-corrected chi connectivity index (χ4v) is 3.46. The summed E-state index contributed by atoms with van der Waals surface area (Å²) in [5, 5.41) is 16.0. The molecule has 0 aliphatic heterocycles. The van der Waals surface area contributed by atoms with E-state index in [9.17, 15) is 22.4 Å². The maximum atomic E-state index is 13.9. The standard InChI is InChI=1S/C26H31F4N3O2/c1-5-21(27)14-19(13-18(3)26(28,29)30)15-22-16-24(33(4)32-22)20-8-9-23(17(2)12-20)25(35)31-10-6-7-11-34/h8-9,12-14,16,34H,3,5-7,10-11,15H2,1-2,4H3,(H,31,35)/b19-13+,21-14+. The molecule has 1 heterocycles. The second-order valence-electron chi connectivity index (χ2n) is 8.22. The number of carbonyl (C=O) groups is 1. The first-order valence-electron chi connectivity index (χ1n) is 11.3. The van der Waals surface area contributed by atoms with Gasteiger partial charge >= 0.3 is 6.18 Å². The van der Waals surface area contributed by atoms with Gasteiger partial charge in [-0.15, -0.1) is 0 Å². The molecule has 1 aromatic heterocycles. The number of halogens is 4. The molecule has 0 saturated carbocycles. The zero-order valence-corrected chi connectivity index (χ0v) is 20.2. The number of amides is 1. The Bertz CT molecular complexity index is 1110. The Hall–Kier alpha value is -3.20. The number of aryl methyl sites for hydroxylation is 2. The van der Waals surface area contributed by atoms with Crippen LogP contribution in [0.4, 0.5) is 17.6 Å². The highest BCUT2D eigenvalue weighted by Crippen LogP contribution is 2.28. The molecule has 0 aliphatic carbocycles. The maximum absolute atomic E-state index is 13.9. The minimum Gasteiger partial charge on any atom is -0.396 e. The second kappa shape index (κ2) is 12.5. The van der Waals surface area contributed by atoms with Crippen molar-refractivity contribution in [2.24, 2.45) is 7.05 Å². The number of unbranched alkanes of at least 4 members (excludes halogenated alkanes) is 1. The van der Waals surface area contributed by atoms with Crippen molar-refractivity contribution in [3.05, 3.63) is 76.8 Å². The molecule has 0 radical (unpaired) electrons. The molecule has 2 aromatic rings. The van der Waals surface area contributed by atoms with Gasteiger partial charge in [-0.2, -0.15) is 18.3 Å². The normalized spacial score (nSPS) is 12.7. The minimum atomic E-state index is -4.61. The van der Waals surface area contributed by atoms with Gasteiger partial charge in [0.1, 0.15) is 0 Å². The number of aliphatic hydroxyl groups is 1. The van der Waals surface area contributed by atoms with E-state index in [0.717, 1.165) is 23.3 Å². The van der Waals surface area contributed by atoms with E-state index in [0.29, 0.717) is 36.3 Å². The van der Waals surface area contributed by atoms with Crippen molar-refractivity contribution in [2.45, 2.75) is 45.7 Å². The van der Waals surface area contributed by atoms with Crippen LogP contribution < -0.4 is 5.32 Å². The summed E-state index contributed by atoms with van der Waals surface area (Å²) >= 11 is 0. The fourth-order valence-electron chi connectivity index (χ4n) is 3.46. The van der Waals surface area contributed by atoms with Gasteiger partial charge in [0.25, 0.3) is 5.91 Å². The number of hydrogen-bond acceptors (Lipinski definition) is 3. The summed E-state index contributed by atoms with van der Waals surface area (Å²) < 4.78 is 54.4. The maximum Gasteiger partial charge on any atom is 0.415 e. The first-order valence-corrected chi connectivity index (χ1v) is 11.3. The fraction of sp³-hybridized carbons (Fsp3) is 0.385. The molecule has 0 fully saturated rings. The van der Waals surface area contributed by atoms with E-state index < -0.39 is 17.6 Å². The van der Waals surface area contributed by atoms with Crippen LogP contribution in [0.2, 0.25) is 0 Å². The molecule has 0 unspecified atom stereocenters. The lowest BCUT2D eigenvalue weighted by molar-refractivity contribution is -0.0878. The molecule has 9 heteroatoms. The third-order valence-corrected chi connectivity index (χ3v) is 5.36. The number of nitrogens with zero attached hydrogens (tertiary/aromatic N) is 2. The highest BCUT2D eigenvalue weighted by atomic mass is 19.4. The monoisotopic (exact) mass is 493 g/mol. The summed E-state index contributed by atoms with van der Waals surface area (Å²) in [6.07, 6.45) is -1.34. The van der Waals surface area contributed by atoms with Crippen LogP contribution in [0.5, 0.6) is 0 Å². The lowest BCUT2D eigenvalue weighted by atomic mass is 10.0. The molecule has 0 saturated heterocycles. The minimum absolute atomic E-state index is 0.0102. The average Bonchev–Trinajstić information content (AvgIpc) is 3.15. The van der Waals surface area contributed by atoms with Crippen LogP contribution in [0.25, 0.3) is 11.3 Å². The average molecular weight is 494 g/mol. The molecule has 2 rings (SSSR count). The van der Waals surface area contributed by atoms with Crippen LogP contribution in [0, 0.1) is 6.92 Å². The predicted molar refractivity (Wildman–Crippen MR) is 128 cm³/mol. The molecular weight excluding hydrogens is 462 g/mol. The van der Waals surface area contributed by atoms with Crippen LogP contribution >= 0.6 is 0 Å². The number of alkyl halides is 3. The third-order valence-electron chi connectivity index (χ3n) is 5.36. The summed E-state index contributed by atoms with van der Waals surface area (Å²) in [6, 6.07) is 7.04. The van der Waals surface area contributed by atoms with Crippen LogP contribution in [0.15, 0.2) is 60.0 Å². The summed E-state index contributed by atoms with van der Waals surface area (Å²) in [5.41, 5.74) is 2.27. The van der Waals surface area contributed by atoms with E-state index in [1.165, 1.54) is 0 Å². The van der Waals surface area contributed by atoms with Gasteiger partial charge in [0, 0.05) is 43.3 Å². The first-order chi connectivity index (χ1) is 16.5. The van der Waals surface area contributed by atoms with E-state index >= 15 is 0 Å². The number of benzene rings is 1. The number of hydrogen-bond donors (Lipinski definition) is 2. The zero-order valence-electron chi connectivity index (χ0n) is 20.2. The van der Waals surface area contributed by atoms with Crippen molar-refractivity contribution in [2.75, 3.05) is 13.2 Å². The molecule has 5 nitrogen and oxygen atoms in total. The van der Waals surface area contributed by atoms with E-state index in [1.807, 2.05) is 13.0 Å². The first kappa shape index (κ1) is 28.0. The van der Waals surface area contributed by atoms with Gasteiger partial charge in [-0.25, -0.2) is 4.39 Å². The van der Waals surface area contributed by atoms with E-state index in [1.54, 1.807) is 36.9 Å². The van der Waals surface area contributed by atoms with Crippen molar-refractivity contribution >= 4 is 5.91 Å². The van der Waals surface area contributed by atoms with Gasteiger partial charge in [0.15, 0.2) is 0 Å².